The second kappa shape index (κ2) is 5.92. The monoisotopic (exact) mass is 247 g/mol. The molecule has 17 heavy (non-hydrogen) atoms. The lowest BCUT2D eigenvalue weighted by Crippen LogP contribution is -2.24. The normalized spacial score (nSPS) is 17.2. The molecule has 1 aliphatic rings. The second-order valence-corrected chi connectivity index (χ2v) is 5.16. The molecule has 1 aromatic carbocycles. The van der Waals surface area contributed by atoms with Gasteiger partial charge >= 0.3 is 0 Å². The fourth-order valence-corrected chi connectivity index (χ4v) is 2.77. The first-order valence-electron chi connectivity index (χ1n) is 6.05. The maximum atomic E-state index is 11.9. The van der Waals surface area contributed by atoms with Gasteiger partial charge in [0.15, 0.2) is 0 Å². The lowest BCUT2D eigenvalue weighted by atomic mass is 10.1. The number of nitrogens with zero attached hydrogens (tertiary/aromatic N) is 1. The van der Waals surface area contributed by atoms with Gasteiger partial charge in [0.05, 0.1) is 0 Å². The average molecular weight is 247 g/mol. The highest BCUT2D eigenvalue weighted by Crippen LogP contribution is 2.29. The quantitative estimate of drug-likeness (QED) is 0.763. The van der Waals surface area contributed by atoms with E-state index in [2.05, 4.69) is 19.1 Å². The van der Waals surface area contributed by atoms with Gasteiger partial charge in [-0.1, -0.05) is 37.6 Å². The van der Waals surface area contributed by atoms with Crippen molar-refractivity contribution in [2.45, 2.75) is 31.1 Å². The summed E-state index contributed by atoms with van der Waals surface area (Å²) in [5.74, 6) is 0.109. The van der Waals surface area contributed by atoms with Gasteiger partial charge in [-0.3, -0.25) is 9.10 Å². The van der Waals surface area contributed by atoms with Gasteiger partial charge in [0.25, 0.3) is 5.91 Å². The van der Waals surface area contributed by atoms with Crippen molar-refractivity contribution in [1.29, 1.82) is 0 Å². The number of hydrogen-bond acceptors (Lipinski definition) is 2. The van der Waals surface area contributed by atoms with Crippen LogP contribution in [0.25, 0.3) is 0 Å². The summed E-state index contributed by atoms with van der Waals surface area (Å²) >= 11 is 1.57. The van der Waals surface area contributed by atoms with Crippen LogP contribution in [-0.4, -0.2) is 16.8 Å². The Morgan fingerprint density at radius 1 is 1.35 bits per heavy atom. The first kappa shape index (κ1) is 12.2. The lowest BCUT2D eigenvalue weighted by molar-refractivity contribution is -0.121. The summed E-state index contributed by atoms with van der Waals surface area (Å²) in [5, 5.41) is 0. The SMILES string of the molecule is CCCCN1Sc2ccccc2C/C=C\C1=O. The van der Waals surface area contributed by atoms with E-state index >= 15 is 0 Å². The van der Waals surface area contributed by atoms with Crippen molar-refractivity contribution in [1.82, 2.24) is 4.31 Å². The van der Waals surface area contributed by atoms with Gasteiger partial charge in [0.2, 0.25) is 0 Å². The molecule has 0 bridgehead atoms. The number of allylic oxidation sites excluding steroid dienone is 1. The predicted octanol–water partition coefficient (Wildman–Crippen LogP) is 3.43. The minimum Gasteiger partial charge on any atom is -0.279 e. The lowest BCUT2D eigenvalue weighted by Gasteiger charge is -2.22. The molecular weight excluding hydrogens is 230 g/mol. The van der Waals surface area contributed by atoms with Crippen molar-refractivity contribution in [3.05, 3.63) is 42.0 Å². The number of amides is 1. The fraction of sp³-hybridized carbons (Fsp3) is 0.357. The molecule has 1 amide bonds. The molecule has 3 heteroatoms. The number of carbonyl (C=O) groups excluding carboxylic acids is 1. The summed E-state index contributed by atoms with van der Waals surface area (Å²) in [6.07, 6.45) is 6.65. The molecule has 0 aliphatic carbocycles. The Morgan fingerprint density at radius 3 is 3.00 bits per heavy atom. The Morgan fingerprint density at radius 2 is 2.18 bits per heavy atom. The first-order chi connectivity index (χ1) is 8.31. The van der Waals surface area contributed by atoms with E-state index in [1.165, 1.54) is 10.5 Å². The Kier molecular flexibility index (Phi) is 4.26. The Labute approximate surface area is 107 Å². The molecule has 1 aromatic rings. The number of unbranched alkanes of at least 4 members (excludes halogenated alkanes) is 1. The molecule has 0 atom stereocenters. The standard InChI is InChI=1S/C14H17NOS/c1-2-3-11-15-14(16)10-6-8-12-7-4-5-9-13(12)17-15/h4-7,9-10H,2-3,8,11H2,1H3/b10-6-. The summed E-state index contributed by atoms with van der Waals surface area (Å²) in [6, 6.07) is 8.29. The van der Waals surface area contributed by atoms with E-state index in [9.17, 15) is 4.79 Å². The molecule has 0 radical (unpaired) electrons. The second-order valence-electron chi connectivity index (χ2n) is 4.10. The third kappa shape index (κ3) is 3.13. The van der Waals surface area contributed by atoms with E-state index in [-0.39, 0.29) is 5.91 Å². The zero-order valence-electron chi connectivity index (χ0n) is 10.1. The maximum absolute atomic E-state index is 11.9. The molecule has 0 unspecified atom stereocenters. The Balaban J connectivity index is 2.20. The van der Waals surface area contributed by atoms with Crippen LogP contribution in [0, 0.1) is 0 Å². The van der Waals surface area contributed by atoms with Gasteiger partial charge in [-0.25, -0.2) is 0 Å². The van der Waals surface area contributed by atoms with Crippen molar-refractivity contribution in [2.24, 2.45) is 0 Å². The highest BCUT2D eigenvalue weighted by Gasteiger charge is 2.15. The van der Waals surface area contributed by atoms with Crippen LogP contribution in [-0.2, 0) is 11.2 Å². The van der Waals surface area contributed by atoms with Crippen molar-refractivity contribution < 1.29 is 4.79 Å². The summed E-state index contributed by atoms with van der Waals surface area (Å²) in [7, 11) is 0. The molecule has 2 nitrogen and oxygen atoms in total. The van der Waals surface area contributed by atoms with E-state index in [4.69, 9.17) is 0 Å². The molecule has 0 saturated carbocycles. The first-order valence-corrected chi connectivity index (χ1v) is 6.82. The van der Waals surface area contributed by atoms with Gasteiger partial charge in [-0.05, 0) is 36.4 Å². The highest BCUT2D eigenvalue weighted by molar-refractivity contribution is 7.97. The summed E-state index contributed by atoms with van der Waals surface area (Å²) in [5.41, 5.74) is 1.29. The fourth-order valence-electron chi connectivity index (χ4n) is 1.75. The van der Waals surface area contributed by atoms with Crippen LogP contribution in [0.1, 0.15) is 25.3 Å². The molecule has 0 aromatic heterocycles. The highest BCUT2D eigenvalue weighted by atomic mass is 32.2. The molecule has 0 spiro atoms. The molecule has 90 valence electrons. The summed E-state index contributed by atoms with van der Waals surface area (Å²) in [6.45, 7) is 2.96. The number of rotatable bonds is 3. The van der Waals surface area contributed by atoms with Crippen LogP contribution in [0.5, 0.6) is 0 Å². The zero-order chi connectivity index (χ0) is 12.1. The van der Waals surface area contributed by atoms with Crippen LogP contribution in [0.15, 0.2) is 41.3 Å². The van der Waals surface area contributed by atoms with Crippen LogP contribution in [0.4, 0.5) is 0 Å². The van der Waals surface area contributed by atoms with E-state index in [0.717, 1.165) is 25.8 Å². The van der Waals surface area contributed by atoms with Crippen molar-refractivity contribution in [3.8, 4) is 0 Å². The molecule has 0 fully saturated rings. The van der Waals surface area contributed by atoms with E-state index in [1.54, 1.807) is 18.0 Å². The van der Waals surface area contributed by atoms with E-state index in [0.29, 0.717) is 0 Å². The van der Waals surface area contributed by atoms with Crippen LogP contribution >= 0.6 is 11.9 Å². The molecule has 2 rings (SSSR count). The maximum Gasteiger partial charge on any atom is 0.256 e. The van der Waals surface area contributed by atoms with Crippen molar-refractivity contribution >= 4 is 17.9 Å². The van der Waals surface area contributed by atoms with Crippen molar-refractivity contribution in [2.75, 3.05) is 6.54 Å². The summed E-state index contributed by atoms with van der Waals surface area (Å²) in [4.78, 5) is 13.1. The topological polar surface area (TPSA) is 20.3 Å². The Bertz CT molecular complexity index is 428. The number of hydrogen-bond donors (Lipinski definition) is 0. The van der Waals surface area contributed by atoms with Crippen LogP contribution < -0.4 is 0 Å². The zero-order valence-corrected chi connectivity index (χ0v) is 10.9. The minimum atomic E-state index is 0.109. The predicted molar refractivity (Wildman–Crippen MR) is 71.8 cm³/mol. The smallest absolute Gasteiger partial charge is 0.256 e. The largest absolute Gasteiger partial charge is 0.279 e. The van der Waals surface area contributed by atoms with Gasteiger partial charge in [-0.15, -0.1) is 0 Å². The van der Waals surface area contributed by atoms with Crippen LogP contribution in [0.3, 0.4) is 0 Å². The van der Waals surface area contributed by atoms with E-state index < -0.39 is 0 Å². The third-order valence-electron chi connectivity index (χ3n) is 2.74. The molecule has 1 heterocycles. The minimum absolute atomic E-state index is 0.109. The number of benzene rings is 1. The Hall–Kier alpha value is -1.22. The summed E-state index contributed by atoms with van der Waals surface area (Å²) < 4.78 is 1.86. The number of carbonyl (C=O) groups is 1. The van der Waals surface area contributed by atoms with Gasteiger partial charge in [0, 0.05) is 17.5 Å². The van der Waals surface area contributed by atoms with Gasteiger partial charge in [0.1, 0.15) is 0 Å². The molecule has 0 saturated heterocycles. The number of fused-ring (bicyclic) bond motifs is 1. The van der Waals surface area contributed by atoms with Crippen LogP contribution in [0.2, 0.25) is 0 Å². The molecule has 1 aliphatic heterocycles. The van der Waals surface area contributed by atoms with Gasteiger partial charge < -0.3 is 0 Å². The third-order valence-corrected chi connectivity index (χ3v) is 3.92. The molecular formula is C14H17NOS. The van der Waals surface area contributed by atoms with Crippen molar-refractivity contribution in [3.63, 3.8) is 0 Å². The average Bonchev–Trinajstić information content (AvgIpc) is 2.33. The van der Waals surface area contributed by atoms with E-state index in [1.807, 2.05) is 22.5 Å². The van der Waals surface area contributed by atoms with Gasteiger partial charge in [-0.2, -0.15) is 0 Å². The molecule has 0 N–H and O–H groups in total.